The highest BCUT2D eigenvalue weighted by Crippen LogP contribution is 2.28. The Labute approximate surface area is 97.8 Å². The summed E-state index contributed by atoms with van der Waals surface area (Å²) in [7, 11) is 0. The van der Waals surface area contributed by atoms with E-state index in [0.717, 1.165) is 23.9 Å². The van der Waals surface area contributed by atoms with Gasteiger partial charge in [0, 0.05) is 11.4 Å². The van der Waals surface area contributed by atoms with E-state index < -0.39 is 17.2 Å². The quantitative estimate of drug-likeness (QED) is 0.635. The van der Waals surface area contributed by atoms with Crippen LogP contribution in [0.2, 0.25) is 0 Å². The van der Waals surface area contributed by atoms with E-state index in [1.165, 1.54) is 0 Å². The first kappa shape index (κ1) is 13.3. The molecule has 0 amide bonds. The van der Waals surface area contributed by atoms with Crippen molar-refractivity contribution in [2.24, 2.45) is 0 Å². The number of thioether (sulfide) groups is 1. The number of rotatable bonds is 4. The van der Waals surface area contributed by atoms with Gasteiger partial charge in [-0.2, -0.15) is 0 Å². The summed E-state index contributed by atoms with van der Waals surface area (Å²) in [4.78, 5) is -0.0431. The number of anilines is 1. The van der Waals surface area contributed by atoms with Crippen LogP contribution in [0, 0.1) is 11.6 Å². The summed E-state index contributed by atoms with van der Waals surface area (Å²) < 4.78 is 26.7. The van der Waals surface area contributed by atoms with Gasteiger partial charge in [-0.05, 0) is 32.4 Å². The third-order valence-electron chi connectivity index (χ3n) is 1.98. The first-order valence-electron chi connectivity index (χ1n) is 4.89. The van der Waals surface area contributed by atoms with Crippen molar-refractivity contribution in [2.75, 3.05) is 11.5 Å². The van der Waals surface area contributed by atoms with Crippen LogP contribution in [0.25, 0.3) is 0 Å². The number of aliphatic hydroxyl groups is 1. The molecule has 90 valence electrons. The van der Waals surface area contributed by atoms with E-state index in [1.54, 1.807) is 13.8 Å². The van der Waals surface area contributed by atoms with Gasteiger partial charge in [0.15, 0.2) is 0 Å². The molecule has 0 radical (unpaired) electrons. The second kappa shape index (κ2) is 5.01. The predicted octanol–water partition coefficient (Wildman–Crippen LogP) is 2.80. The SMILES string of the molecule is CC(C)(O)CCSc1c(F)cc(N)cc1F. The molecule has 0 saturated heterocycles. The summed E-state index contributed by atoms with van der Waals surface area (Å²) in [6.07, 6.45) is 0.459. The van der Waals surface area contributed by atoms with Crippen LogP contribution in [0.4, 0.5) is 14.5 Å². The zero-order valence-corrected chi connectivity index (χ0v) is 10.1. The Morgan fingerprint density at radius 2 is 1.81 bits per heavy atom. The summed E-state index contributed by atoms with van der Waals surface area (Å²) >= 11 is 1.04. The van der Waals surface area contributed by atoms with Crippen LogP contribution in [-0.2, 0) is 0 Å². The smallest absolute Gasteiger partial charge is 0.141 e. The summed E-state index contributed by atoms with van der Waals surface area (Å²) in [6, 6.07) is 2.19. The van der Waals surface area contributed by atoms with Gasteiger partial charge in [-0.3, -0.25) is 0 Å². The third-order valence-corrected chi connectivity index (χ3v) is 3.07. The predicted molar refractivity (Wildman–Crippen MR) is 62.4 cm³/mol. The normalized spacial score (nSPS) is 11.8. The van der Waals surface area contributed by atoms with Crippen LogP contribution in [0.1, 0.15) is 20.3 Å². The van der Waals surface area contributed by atoms with Crippen molar-refractivity contribution in [3.63, 3.8) is 0 Å². The molecular formula is C11H15F2NOS. The lowest BCUT2D eigenvalue weighted by atomic mass is 10.1. The van der Waals surface area contributed by atoms with Gasteiger partial charge in [-0.15, -0.1) is 11.8 Å². The van der Waals surface area contributed by atoms with E-state index in [9.17, 15) is 13.9 Å². The zero-order chi connectivity index (χ0) is 12.3. The molecule has 1 aromatic carbocycles. The highest BCUT2D eigenvalue weighted by molar-refractivity contribution is 7.99. The number of hydrogen-bond donors (Lipinski definition) is 2. The largest absolute Gasteiger partial charge is 0.399 e. The van der Waals surface area contributed by atoms with Crippen molar-refractivity contribution in [3.8, 4) is 0 Å². The van der Waals surface area contributed by atoms with E-state index in [0.29, 0.717) is 12.2 Å². The minimum Gasteiger partial charge on any atom is -0.399 e. The lowest BCUT2D eigenvalue weighted by Crippen LogP contribution is -2.19. The second-order valence-corrected chi connectivity index (χ2v) is 5.33. The van der Waals surface area contributed by atoms with E-state index >= 15 is 0 Å². The standard InChI is InChI=1S/C11H15F2NOS/c1-11(2,15)3-4-16-10-8(12)5-7(14)6-9(10)13/h5-6,15H,3-4,14H2,1-2H3. The molecule has 0 aromatic heterocycles. The Kier molecular flexibility index (Phi) is 4.15. The van der Waals surface area contributed by atoms with Gasteiger partial charge in [0.1, 0.15) is 11.6 Å². The number of nitrogens with two attached hydrogens (primary N) is 1. The molecule has 2 nitrogen and oxygen atoms in total. The zero-order valence-electron chi connectivity index (χ0n) is 9.26. The molecule has 5 heteroatoms. The van der Waals surface area contributed by atoms with Crippen molar-refractivity contribution < 1.29 is 13.9 Å². The molecule has 16 heavy (non-hydrogen) atoms. The Bertz CT molecular complexity index is 354. The van der Waals surface area contributed by atoms with Gasteiger partial charge in [0.05, 0.1) is 10.5 Å². The molecule has 0 atom stereocenters. The van der Waals surface area contributed by atoms with E-state index in [1.807, 2.05) is 0 Å². The van der Waals surface area contributed by atoms with E-state index in [2.05, 4.69) is 0 Å². The maximum atomic E-state index is 13.3. The Morgan fingerprint density at radius 1 is 1.31 bits per heavy atom. The fraction of sp³-hybridized carbons (Fsp3) is 0.455. The van der Waals surface area contributed by atoms with Crippen LogP contribution >= 0.6 is 11.8 Å². The van der Waals surface area contributed by atoms with Gasteiger partial charge in [-0.25, -0.2) is 8.78 Å². The lowest BCUT2D eigenvalue weighted by Gasteiger charge is -2.16. The van der Waals surface area contributed by atoms with Gasteiger partial charge in [0.2, 0.25) is 0 Å². The van der Waals surface area contributed by atoms with Crippen molar-refractivity contribution >= 4 is 17.4 Å². The monoisotopic (exact) mass is 247 g/mol. The molecule has 0 spiro atoms. The Morgan fingerprint density at radius 3 is 2.25 bits per heavy atom. The molecule has 1 rings (SSSR count). The summed E-state index contributed by atoms with van der Waals surface area (Å²) in [5, 5.41) is 9.46. The second-order valence-electron chi connectivity index (χ2n) is 4.22. The van der Waals surface area contributed by atoms with Crippen LogP contribution in [0.5, 0.6) is 0 Å². The molecule has 0 aliphatic heterocycles. The van der Waals surface area contributed by atoms with Gasteiger partial charge < -0.3 is 10.8 Å². The topological polar surface area (TPSA) is 46.2 Å². The summed E-state index contributed by atoms with van der Waals surface area (Å²) in [5.74, 6) is -0.863. The molecule has 0 bridgehead atoms. The first-order valence-corrected chi connectivity index (χ1v) is 5.88. The van der Waals surface area contributed by atoms with Gasteiger partial charge in [-0.1, -0.05) is 0 Å². The molecule has 0 fully saturated rings. The van der Waals surface area contributed by atoms with Gasteiger partial charge >= 0.3 is 0 Å². The van der Waals surface area contributed by atoms with Crippen LogP contribution < -0.4 is 5.73 Å². The van der Waals surface area contributed by atoms with E-state index in [-0.39, 0.29) is 10.6 Å². The fourth-order valence-electron chi connectivity index (χ4n) is 1.12. The molecule has 0 unspecified atom stereocenters. The lowest BCUT2D eigenvalue weighted by molar-refractivity contribution is 0.0777. The highest BCUT2D eigenvalue weighted by atomic mass is 32.2. The number of nitrogen functional groups attached to an aromatic ring is 1. The average molecular weight is 247 g/mol. The van der Waals surface area contributed by atoms with Gasteiger partial charge in [0.25, 0.3) is 0 Å². The molecule has 3 N–H and O–H groups in total. The average Bonchev–Trinajstić information content (AvgIpc) is 2.07. The number of hydrogen-bond acceptors (Lipinski definition) is 3. The summed E-state index contributed by atoms with van der Waals surface area (Å²) in [5.41, 5.74) is 4.54. The van der Waals surface area contributed by atoms with Crippen LogP contribution in [0.15, 0.2) is 17.0 Å². The van der Waals surface area contributed by atoms with E-state index in [4.69, 9.17) is 5.73 Å². The number of benzene rings is 1. The minimum absolute atomic E-state index is 0.0431. The van der Waals surface area contributed by atoms with Crippen molar-refractivity contribution in [3.05, 3.63) is 23.8 Å². The third kappa shape index (κ3) is 3.98. The first-order chi connectivity index (χ1) is 7.29. The van der Waals surface area contributed by atoms with Crippen molar-refractivity contribution in [2.45, 2.75) is 30.8 Å². The summed E-state index contributed by atoms with van der Waals surface area (Å²) in [6.45, 7) is 3.31. The maximum Gasteiger partial charge on any atom is 0.141 e. The Hall–Kier alpha value is -0.810. The molecular weight excluding hydrogens is 232 g/mol. The molecule has 1 aromatic rings. The van der Waals surface area contributed by atoms with Crippen LogP contribution in [-0.4, -0.2) is 16.5 Å². The van der Waals surface area contributed by atoms with Crippen molar-refractivity contribution in [1.29, 1.82) is 0 Å². The fourth-order valence-corrected chi connectivity index (χ4v) is 2.32. The molecule has 0 heterocycles. The molecule has 0 saturated carbocycles. The minimum atomic E-state index is -0.826. The Balaban J connectivity index is 2.68. The van der Waals surface area contributed by atoms with Crippen molar-refractivity contribution in [1.82, 2.24) is 0 Å². The maximum absolute atomic E-state index is 13.3. The number of halogens is 2. The highest BCUT2D eigenvalue weighted by Gasteiger charge is 2.15. The molecule has 0 aliphatic rings. The van der Waals surface area contributed by atoms with Crippen LogP contribution in [0.3, 0.4) is 0 Å². The molecule has 0 aliphatic carbocycles.